The molecule has 1 aliphatic rings. The van der Waals surface area contributed by atoms with E-state index in [1.807, 2.05) is 12.1 Å². The molecule has 0 spiro atoms. The maximum absolute atomic E-state index is 11.6. The summed E-state index contributed by atoms with van der Waals surface area (Å²) >= 11 is 0. The van der Waals surface area contributed by atoms with Crippen molar-refractivity contribution in [1.82, 2.24) is 25.2 Å². The van der Waals surface area contributed by atoms with Crippen molar-refractivity contribution in [3.05, 3.63) is 72.2 Å². The molecule has 0 saturated heterocycles. The minimum Gasteiger partial charge on any atom is -0.404 e. The van der Waals surface area contributed by atoms with E-state index in [4.69, 9.17) is 21.0 Å². The van der Waals surface area contributed by atoms with Crippen molar-refractivity contribution < 1.29 is 9.32 Å². The topological polar surface area (TPSA) is 150 Å². The van der Waals surface area contributed by atoms with Crippen LogP contribution >= 0.6 is 0 Å². The average Bonchev–Trinajstić information content (AvgIpc) is 3.39. The summed E-state index contributed by atoms with van der Waals surface area (Å²) < 4.78 is 7.13. The number of aromatic nitrogens is 4. The number of likely N-dealkylation sites (N-methyl/N-ethyl adjacent to an activating group) is 1. The largest absolute Gasteiger partial charge is 0.404 e. The van der Waals surface area contributed by atoms with Gasteiger partial charge >= 0.3 is 0 Å². The van der Waals surface area contributed by atoms with E-state index < -0.39 is 5.41 Å². The Morgan fingerprint density at radius 1 is 1.38 bits per heavy atom. The van der Waals surface area contributed by atoms with Gasteiger partial charge in [0.05, 0.1) is 17.2 Å². The number of carbonyl (C=O) groups is 1. The highest BCUT2D eigenvalue weighted by atomic mass is 16.5. The molecule has 176 valence electrons. The number of hydrogen-bond acceptors (Lipinski definition) is 8. The van der Waals surface area contributed by atoms with Gasteiger partial charge in [0.2, 0.25) is 5.91 Å². The van der Waals surface area contributed by atoms with E-state index >= 15 is 0 Å². The maximum atomic E-state index is 11.6. The van der Waals surface area contributed by atoms with Crippen LogP contribution in [0.25, 0.3) is 17.0 Å². The predicted molar refractivity (Wildman–Crippen MR) is 129 cm³/mol. The van der Waals surface area contributed by atoms with E-state index in [0.717, 1.165) is 29.5 Å². The van der Waals surface area contributed by atoms with Crippen LogP contribution in [0.15, 0.2) is 64.8 Å². The van der Waals surface area contributed by atoms with Crippen molar-refractivity contribution in [3.63, 3.8) is 0 Å². The number of aliphatic imine (C=N–C) groups is 1. The Bertz CT molecular complexity index is 1250. The Hall–Kier alpha value is -4.21. The van der Waals surface area contributed by atoms with E-state index in [9.17, 15) is 4.79 Å². The number of rotatable bonds is 9. The molecule has 1 unspecified atom stereocenters. The van der Waals surface area contributed by atoms with Crippen LogP contribution in [0.3, 0.4) is 0 Å². The lowest BCUT2D eigenvalue weighted by Gasteiger charge is -2.27. The summed E-state index contributed by atoms with van der Waals surface area (Å²) in [7, 11) is 1.58. The fourth-order valence-corrected chi connectivity index (χ4v) is 3.92. The molecule has 10 nitrogen and oxygen atoms in total. The van der Waals surface area contributed by atoms with Crippen LogP contribution in [-0.2, 0) is 16.8 Å². The number of allylic oxidation sites excluding steroid dienone is 1. The van der Waals surface area contributed by atoms with Gasteiger partial charge in [-0.05, 0) is 36.8 Å². The molecule has 1 aromatic carbocycles. The molecule has 3 aromatic rings. The molecule has 0 aliphatic heterocycles. The first kappa shape index (κ1) is 23.0. The van der Waals surface area contributed by atoms with Gasteiger partial charge < -0.3 is 21.3 Å². The number of carbonyl (C=O) groups excluding carboxylic acids is 1. The number of nitrogens with two attached hydrogens (primary N) is 2. The number of nitrogens with one attached hydrogen (secondary N) is 1. The van der Waals surface area contributed by atoms with E-state index in [1.165, 1.54) is 10.9 Å². The third-order valence-corrected chi connectivity index (χ3v) is 6.12. The summed E-state index contributed by atoms with van der Waals surface area (Å²) in [6, 6.07) is 8.09. The summed E-state index contributed by atoms with van der Waals surface area (Å²) in [5, 5.41) is 11.1. The SMILES string of the molecule is C=C(N)N=C/C(=C\N)c1ccc(C(C)(c2noc(-c3cnn(CC(=O)NC)c3)n2)C2CC2)cc1. The molecule has 2 heterocycles. The number of nitrogens with zero attached hydrogens (tertiary/aromatic N) is 5. The molecule has 5 N–H and O–H groups in total. The standard InChI is InChI=1S/C24H28N8O2/c1-15(26)28-11-17(10-25)16-4-6-19(7-5-16)24(2,20-8-9-20)23-30-22(34-31-23)18-12-29-32(13-18)14-21(33)27-3/h4-7,10-13,20H,1,8-9,14,25-26H2,2-3H3,(H,27,33)/b17-10+,28-11?. The van der Waals surface area contributed by atoms with Crippen molar-refractivity contribution >= 4 is 17.7 Å². The lowest BCUT2D eigenvalue weighted by molar-refractivity contribution is -0.121. The fourth-order valence-electron chi connectivity index (χ4n) is 3.92. The van der Waals surface area contributed by atoms with Gasteiger partial charge in [-0.2, -0.15) is 10.1 Å². The normalized spacial score (nSPS) is 15.9. The summed E-state index contributed by atoms with van der Waals surface area (Å²) in [5.41, 5.74) is 14.3. The third kappa shape index (κ3) is 4.61. The second-order valence-corrected chi connectivity index (χ2v) is 8.45. The van der Waals surface area contributed by atoms with E-state index in [1.54, 1.807) is 25.7 Å². The van der Waals surface area contributed by atoms with Crippen LogP contribution in [0.4, 0.5) is 0 Å². The Balaban J connectivity index is 1.61. The molecule has 1 saturated carbocycles. The van der Waals surface area contributed by atoms with Gasteiger partial charge in [0.25, 0.3) is 5.89 Å². The quantitative estimate of drug-likeness (QED) is 0.414. The molecule has 2 aromatic heterocycles. The monoisotopic (exact) mass is 460 g/mol. The molecule has 1 amide bonds. The summed E-state index contributed by atoms with van der Waals surface area (Å²) in [6.45, 7) is 5.83. The van der Waals surface area contributed by atoms with Crippen LogP contribution in [-0.4, -0.2) is 39.1 Å². The molecule has 0 radical (unpaired) electrons. The van der Waals surface area contributed by atoms with Crippen molar-refractivity contribution in [1.29, 1.82) is 0 Å². The molecule has 10 heteroatoms. The van der Waals surface area contributed by atoms with Crippen molar-refractivity contribution in [2.45, 2.75) is 31.7 Å². The zero-order valence-electron chi connectivity index (χ0n) is 19.2. The second kappa shape index (κ2) is 9.34. The first-order chi connectivity index (χ1) is 16.3. The molecular formula is C24H28N8O2. The van der Waals surface area contributed by atoms with Crippen molar-refractivity contribution in [3.8, 4) is 11.5 Å². The molecule has 1 fully saturated rings. The predicted octanol–water partition coefficient (Wildman–Crippen LogP) is 2.20. The first-order valence-electron chi connectivity index (χ1n) is 10.9. The van der Waals surface area contributed by atoms with Gasteiger partial charge in [0, 0.05) is 31.2 Å². The zero-order chi connectivity index (χ0) is 24.3. The molecule has 0 bridgehead atoms. The van der Waals surface area contributed by atoms with Crippen LogP contribution in [0.5, 0.6) is 0 Å². The number of hydrogen-bond donors (Lipinski definition) is 3. The maximum Gasteiger partial charge on any atom is 0.261 e. The Labute approximate surface area is 197 Å². The van der Waals surface area contributed by atoms with Crippen LogP contribution in [0.2, 0.25) is 0 Å². The zero-order valence-corrected chi connectivity index (χ0v) is 19.2. The highest BCUT2D eigenvalue weighted by Crippen LogP contribution is 2.50. The smallest absolute Gasteiger partial charge is 0.261 e. The lowest BCUT2D eigenvalue weighted by atomic mass is 9.76. The summed E-state index contributed by atoms with van der Waals surface area (Å²) in [6.07, 6.45) is 8.58. The van der Waals surface area contributed by atoms with Crippen LogP contribution in [0, 0.1) is 5.92 Å². The van der Waals surface area contributed by atoms with Gasteiger partial charge in [-0.15, -0.1) is 0 Å². The van der Waals surface area contributed by atoms with Gasteiger partial charge in [0.1, 0.15) is 12.4 Å². The first-order valence-corrected chi connectivity index (χ1v) is 10.9. The Morgan fingerprint density at radius 3 is 2.74 bits per heavy atom. The van der Waals surface area contributed by atoms with Crippen molar-refractivity contribution in [2.75, 3.05) is 7.05 Å². The van der Waals surface area contributed by atoms with Gasteiger partial charge in [-0.25, -0.2) is 4.99 Å². The van der Waals surface area contributed by atoms with Gasteiger partial charge in [-0.1, -0.05) is 36.0 Å². The van der Waals surface area contributed by atoms with Gasteiger partial charge in [0.15, 0.2) is 5.82 Å². The summed E-state index contributed by atoms with van der Waals surface area (Å²) in [5.74, 6) is 1.47. The van der Waals surface area contributed by atoms with E-state index in [0.29, 0.717) is 23.2 Å². The highest BCUT2D eigenvalue weighted by Gasteiger charge is 2.47. The Kier molecular flexibility index (Phi) is 6.31. The van der Waals surface area contributed by atoms with Crippen LogP contribution in [0.1, 0.15) is 36.7 Å². The van der Waals surface area contributed by atoms with E-state index in [-0.39, 0.29) is 18.3 Å². The molecule has 4 rings (SSSR count). The van der Waals surface area contributed by atoms with Crippen LogP contribution < -0.4 is 16.8 Å². The average molecular weight is 461 g/mol. The lowest BCUT2D eigenvalue weighted by Crippen LogP contribution is -2.28. The minimum atomic E-state index is -0.412. The molecule has 34 heavy (non-hydrogen) atoms. The fraction of sp³-hybridized carbons (Fsp3) is 0.292. The third-order valence-electron chi connectivity index (χ3n) is 6.12. The molecule has 1 atom stereocenters. The minimum absolute atomic E-state index is 0.118. The summed E-state index contributed by atoms with van der Waals surface area (Å²) in [4.78, 5) is 20.4. The number of amides is 1. The van der Waals surface area contributed by atoms with Gasteiger partial charge in [-0.3, -0.25) is 9.48 Å². The number of benzene rings is 1. The highest BCUT2D eigenvalue weighted by molar-refractivity contribution is 6.09. The molecular weight excluding hydrogens is 432 g/mol. The van der Waals surface area contributed by atoms with Crippen molar-refractivity contribution in [2.24, 2.45) is 22.4 Å². The van der Waals surface area contributed by atoms with E-state index in [2.05, 4.69) is 46.2 Å². The Morgan fingerprint density at radius 2 is 2.12 bits per heavy atom. The second-order valence-electron chi connectivity index (χ2n) is 8.45. The molecule has 1 aliphatic carbocycles.